The fourth-order valence-corrected chi connectivity index (χ4v) is 3.45. The topological polar surface area (TPSA) is 75.5 Å². The van der Waals surface area contributed by atoms with Crippen molar-refractivity contribution in [3.8, 4) is 5.69 Å². The summed E-state index contributed by atoms with van der Waals surface area (Å²) >= 11 is 5.80. The lowest BCUT2D eigenvalue weighted by Crippen LogP contribution is -2.32. The third-order valence-corrected chi connectivity index (χ3v) is 4.86. The number of benzene rings is 2. The highest BCUT2D eigenvalue weighted by Gasteiger charge is 2.14. The number of aromatic nitrogens is 1. The zero-order chi connectivity index (χ0) is 21.8. The zero-order valence-electron chi connectivity index (χ0n) is 17.3. The number of amides is 2. The minimum Gasteiger partial charge on any atom is -0.318 e. The molecule has 0 saturated heterocycles. The lowest BCUT2D eigenvalue weighted by atomic mass is 10.1. The van der Waals surface area contributed by atoms with E-state index in [1.165, 1.54) is 17.3 Å². The van der Waals surface area contributed by atoms with Crippen LogP contribution >= 0.6 is 11.6 Å². The van der Waals surface area contributed by atoms with Crippen LogP contribution in [0.4, 0.5) is 5.69 Å². The Hall–Kier alpha value is -3.38. The first kappa shape index (κ1) is 21.3. The third-order valence-electron chi connectivity index (χ3n) is 4.61. The number of aryl methyl sites for hydroxylation is 3. The molecule has 2 N–H and O–H groups in total. The molecule has 0 aliphatic heterocycles. The molecule has 2 aromatic carbocycles. The van der Waals surface area contributed by atoms with Crippen molar-refractivity contribution in [2.75, 3.05) is 5.32 Å². The second-order valence-electron chi connectivity index (χ2n) is 7.17. The Morgan fingerprint density at radius 1 is 0.933 bits per heavy atom. The van der Waals surface area contributed by atoms with E-state index < -0.39 is 11.8 Å². The third kappa shape index (κ3) is 4.96. The molecule has 3 rings (SSSR count). The smallest absolute Gasteiger partial charge is 0.318 e. The van der Waals surface area contributed by atoms with Crippen LogP contribution in [0.15, 0.2) is 53.6 Å². The highest BCUT2D eigenvalue weighted by Crippen LogP contribution is 2.22. The van der Waals surface area contributed by atoms with Gasteiger partial charge in [0.25, 0.3) is 0 Å². The Bertz CT molecular complexity index is 1110. The number of carbonyl (C=O) groups is 2. The van der Waals surface area contributed by atoms with Crippen molar-refractivity contribution in [3.05, 3.63) is 81.6 Å². The summed E-state index contributed by atoms with van der Waals surface area (Å²) in [6.07, 6.45) is 1.54. The number of anilines is 1. The van der Waals surface area contributed by atoms with Crippen molar-refractivity contribution in [1.82, 2.24) is 9.99 Å². The Kier molecular flexibility index (Phi) is 6.37. The number of carbonyl (C=O) groups excluding carboxylic acids is 2. The molecule has 0 radical (unpaired) electrons. The van der Waals surface area contributed by atoms with Gasteiger partial charge >= 0.3 is 11.8 Å². The molecule has 0 atom stereocenters. The SMILES string of the molecule is Cc1cc(C)cc(-n2c(C)cc(/C=N\NC(=O)C(=O)Nc3ccc(Cl)cc3)c2C)c1. The monoisotopic (exact) mass is 422 g/mol. The summed E-state index contributed by atoms with van der Waals surface area (Å²) in [7, 11) is 0. The summed E-state index contributed by atoms with van der Waals surface area (Å²) in [5.74, 6) is -1.67. The lowest BCUT2D eigenvalue weighted by molar-refractivity contribution is -0.136. The van der Waals surface area contributed by atoms with Gasteiger partial charge in [0.1, 0.15) is 0 Å². The van der Waals surface area contributed by atoms with E-state index in [9.17, 15) is 9.59 Å². The number of nitrogens with one attached hydrogen (secondary N) is 2. The molecule has 3 aromatic rings. The van der Waals surface area contributed by atoms with E-state index in [1.807, 2.05) is 19.9 Å². The van der Waals surface area contributed by atoms with Crippen LogP contribution in [-0.2, 0) is 9.59 Å². The summed E-state index contributed by atoms with van der Waals surface area (Å²) in [4.78, 5) is 24.0. The standard InChI is InChI=1S/C23H23ClN4O2/c1-14-9-15(2)11-21(10-14)28-16(3)12-18(17(28)4)13-25-27-23(30)22(29)26-20-7-5-19(24)6-8-20/h5-13H,1-4H3,(H,26,29)(H,27,30)/b25-13-. The molecule has 30 heavy (non-hydrogen) atoms. The van der Waals surface area contributed by atoms with Crippen LogP contribution in [0.25, 0.3) is 5.69 Å². The molecule has 0 saturated carbocycles. The molecule has 0 bridgehead atoms. The van der Waals surface area contributed by atoms with E-state index in [4.69, 9.17) is 11.6 Å². The van der Waals surface area contributed by atoms with Crippen LogP contribution in [0.3, 0.4) is 0 Å². The van der Waals surface area contributed by atoms with Crippen LogP contribution in [0.1, 0.15) is 28.1 Å². The number of hydrazone groups is 1. The van der Waals surface area contributed by atoms with E-state index >= 15 is 0 Å². The molecule has 2 amide bonds. The van der Waals surface area contributed by atoms with E-state index in [1.54, 1.807) is 24.3 Å². The van der Waals surface area contributed by atoms with Gasteiger partial charge in [0.2, 0.25) is 0 Å². The summed E-state index contributed by atoms with van der Waals surface area (Å²) in [5.41, 5.74) is 9.07. The molecule has 0 aliphatic rings. The van der Waals surface area contributed by atoms with Crippen molar-refractivity contribution in [2.45, 2.75) is 27.7 Å². The molecule has 0 unspecified atom stereocenters. The molecule has 1 heterocycles. The molecule has 0 aliphatic carbocycles. The van der Waals surface area contributed by atoms with Crippen LogP contribution in [0, 0.1) is 27.7 Å². The number of rotatable bonds is 4. The quantitative estimate of drug-likeness (QED) is 0.370. The fourth-order valence-electron chi connectivity index (χ4n) is 3.33. The molecule has 7 heteroatoms. The minimum atomic E-state index is -0.857. The Balaban J connectivity index is 1.69. The Labute approximate surface area is 180 Å². The predicted molar refractivity (Wildman–Crippen MR) is 121 cm³/mol. The van der Waals surface area contributed by atoms with Gasteiger partial charge in [-0.1, -0.05) is 17.7 Å². The van der Waals surface area contributed by atoms with Crippen molar-refractivity contribution in [1.29, 1.82) is 0 Å². The molecule has 1 aromatic heterocycles. The number of nitrogens with zero attached hydrogens (tertiary/aromatic N) is 2. The normalized spacial score (nSPS) is 11.0. The largest absolute Gasteiger partial charge is 0.329 e. The van der Waals surface area contributed by atoms with E-state index in [0.717, 1.165) is 22.6 Å². The van der Waals surface area contributed by atoms with Crippen molar-refractivity contribution < 1.29 is 9.59 Å². The van der Waals surface area contributed by atoms with Gasteiger partial charge in [-0.15, -0.1) is 0 Å². The van der Waals surface area contributed by atoms with Crippen LogP contribution in [0.5, 0.6) is 0 Å². The first-order chi connectivity index (χ1) is 14.2. The van der Waals surface area contributed by atoms with Crippen LogP contribution in [-0.4, -0.2) is 22.6 Å². The summed E-state index contributed by atoms with van der Waals surface area (Å²) < 4.78 is 2.14. The molecule has 154 valence electrons. The van der Waals surface area contributed by atoms with E-state index in [0.29, 0.717) is 10.7 Å². The van der Waals surface area contributed by atoms with Gasteiger partial charge < -0.3 is 9.88 Å². The highest BCUT2D eigenvalue weighted by atomic mass is 35.5. The second-order valence-corrected chi connectivity index (χ2v) is 7.60. The van der Waals surface area contributed by atoms with Crippen molar-refractivity contribution in [3.63, 3.8) is 0 Å². The molecule has 0 fully saturated rings. The van der Waals surface area contributed by atoms with Crippen molar-refractivity contribution in [2.24, 2.45) is 5.10 Å². The summed E-state index contributed by atoms with van der Waals surface area (Å²) in [6, 6.07) is 14.8. The Morgan fingerprint density at radius 2 is 1.57 bits per heavy atom. The van der Waals surface area contributed by atoms with Crippen LogP contribution in [0.2, 0.25) is 5.02 Å². The van der Waals surface area contributed by atoms with Gasteiger partial charge in [-0.25, -0.2) is 5.43 Å². The second kappa shape index (κ2) is 8.97. The van der Waals surface area contributed by atoms with Crippen LogP contribution < -0.4 is 10.7 Å². The van der Waals surface area contributed by atoms with Gasteiger partial charge in [-0.3, -0.25) is 9.59 Å². The van der Waals surface area contributed by atoms with Gasteiger partial charge in [0, 0.05) is 33.3 Å². The first-order valence-electron chi connectivity index (χ1n) is 9.42. The van der Waals surface area contributed by atoms with E-state index in [2.05, 4.69) is 52.5 Å². The number of hydrogen-bond donors (Lipinski definition) is 2. The maximum atomic E-state index is 12.0. The van der Waals surface area contributed by atoms with Gasteiger partial charge in [0.15, 0.2) is 0 Å². The number of hydrogen-bond acceptors (Lipinski definition) is 3. The molecular formula is C23H23ClN4O2. The average molecular weight is 423 g/mol. The number of halogens is 1. The van der Waals surface area contributed by atoms with Gasteiger partial charge in [-0.2, -0.15) is 5.10 Å². The summed E-state index contributed by atoms with van der Waals surface area (Å²) in [5, 5.41) is 6.97. The zero-order valence-corrected chi connectivity index (χ0v) is 18.0. The van der Waals surface area contributed by atoms with E-state index in [-0.39, 0.29) is 0 Å². The van der Waals surface area contributed by atoms with Gasteiger partial charge in [-0.05, 0) is 81.3 Å². The molecule has 0 spiro atoms. The minimum absolute atomic E-state index is 0.473. The van der Waals surface area contributed by atoms with Crippen molar-refractivity contribution >= 4 is 35.3 Å². The maximum absolute atomic E-state index is 12.0. The van der Waals surface area contributed by atoms with Gasteiger partial charge in [0.05, 0.1) is 6.21 Å². The lowest BCUT2D eigenvalue weighted by Gasteiger charge is -2.11. The maximum Gasteiger partial charge on any atom is 0.329 e. The Morgan fingerprint density at radius 3 is 2.20 bits per heavy atom. The fraction of sp³-hybridized carbons (Fsp3) is 0.174. The summed E-state index contributed by atoms with van der Waals surface area (Å²) in [6.45, 7) is 8.14. The molecular weight excluding hydrogens is 400 g/mol. The first-order valence-corrected chi connectivity index (χ1v) is 9.80. The highest BCUT2D eigenvalue weighted by molar-refractivity contribution is 6.39. The molecule has 6 nitrogen and oxygen atoms in total. The average Bonchev–Trinajstić information content (AvgIpc) is 2.96. The predicted octanol–water partition coefficient (Wildman–Crippen LogP) is 4.45.